The number of methoxy groups -OCH3 is 1. The lowest BCUT2D eigenvalue weighted by molar-refractivity contribution is 0.0729. The summed E-state index contributed by atoms with van der Waals surface area (Å²) in [6, 6.07) is 11.8. The molecule has 2 aromatic rings. The van der Waals surface area contributed by atoms with Gasteiger partial charge in [-0.25, -0.2) is 13.2 Å². The molecule has 0 N–H and O–H groups in total. The number of anilines is 1. The Balaban J connectivity index is 1.70. The maximum Gasteiger partial charge on any atom is 0.343 e. The molecule has 0 unspecified atom stereocenters. The Morgan fingerprint density at radius 1 is 0.844 bits per heavy atom. The first kappa shape index (κ1) is 22.6. The summed E-state index contributed by atoms with van der Waals surface area (Å²) in [5.74, 6) is 0.113. The van der Waals surface area contributed by atoms with Gasteiger partial charge in [0.15, 0.2) is 11.5 Å². The van der Waals surface area contributed by atoms with Crippen LogP contribution in [-0.2, 0) is 10.0 Å². The van der Waals surface area contributed by atoms with Crippen molar-refractivity contribution < 1.29 is 22.7 Å². The molecule has 2 aromatic carbocycles. The fourth-order valence-corrected chi connectivity index (χ4v) is 6.10. The highest BCUT2D eigenvalue weighted by Gasteiger charge is 2.31. The van der Waals surface area contributed by atoms with Gasteiger partial charge in [0.1, 0.15) is 4.90 Å². The number of hydrogen-bond donors (Lipinski definition) is 0. The van der Waals surface area contributed by atoms with Gasteiger partial charge in [0.25, 0.3) is 0 Å². The van der Waals surface area contributed by atoms with Crippen molar-refractivity contribution in [3.63, 3.8) is 0 Å². The first-order valence-electron chi connectivity index (χ1n) is 11.2. The van der Waals surface area contributed by atoms with E-state index in [1.54, 1.807) is 40.7 Å². The van der Waals surface area contributed by atoms with Crippen LogP contribution >= 0.6 is 0 Å². The normalized spacial score (nSPS) is 17.7. The average molecular weight is 459 g/mol. The van der Waals surface area contributed by atoms with Gasteiger partial charge in [-0.2, -0.15) is 4.31 Å². The van der Waals surface area contributed by atoms with Crippen molar-refractivity contribution in [1.82, 2.24) is 4.31 Å². The molecule has 2 aliphatic rings. The molecule has 0 amide bonds. The molecule has 2 fully saturated rings. The van der Waals surface area contributed by atoms with Crippen molar-refractivity contribution in [2.75, 3.05) is 38.2 Å². The number of benzene rings is 2. The zero-order valence-electron chi connectivity index (χ0n) is 18.5. The molecule has 0 atom stereocenters. The molecule has 0 radical (unpaired) electrons. The molecule has 32 heavy (non-hydrogen) atoms. The van der Waals surface area contributed by atoms with Crippen LogP contribution in [0.4, 0.5) is 5.69 Å². The van der Waals surface area contributed by atoms with E-state index in [2.05, 4.69) is 4.90 Å². The van der Waals surface area contributed by atoms with Gasteiger partial charge in [-0.05, 0) is 62.4 Å². The third kappa shape index (κ3) is 4.76. The van der Waals surface area contributed by atoms with Gasteiger partial charge in [-0.3, -0.25) is 0 Å². The van der Waals surface area contributed by atoms with E-state index in [-0.39, 0.29) is 10.5 Å². The van der Waals surface area contributed by atoms with Crippen LogP contribution in [0.15, 0.2) is 47.4 Å². The van der Waals surface area contributed by atoms with E-state index in [1.807, 2.05) is 0 Å². The number of rotatable bonds is 6. The minimum atomic E-state index is -3.72. The predicted octanol–water partition coefficient (Wildman–Crippen LogP) is 4.08. The summed E-state index contributed by atoms with van der Waals surface area (Å²) >= 11 is 0. The summed E-state index contributed by atoms with van der Waals surface area (Å²) in [7, 11) is -2.22. The Kier molecular flexibility index (Phi) is 7.01. The summed E-state index contributed by atoms with van der Waals surface area (Å²) < 4.78 is 39.6. The Hall–Kier alpha value is -2.58. The van der Waals surface area contributed by atoms with Gasteiger partial charge in [-0.1, -0.05) is 18.6 Å². The smallest absolute Gasteiger partial charge is 0.343 e. The number of esters is 1. The van der Waals surface area contributed by atoms with E-state index in [1.165, 1.54) is 13.2 Å². The van der Waals surface area contributed by atoms with Crippen molar-refractivity contribution in [2.24, 2.45) is 0 Å². The maximum absolute atomic E-state index is 13.6. The van der Waals surface area contributed by atoms with Crippen LogP contribution in [0.25, 0.3) is 0 Å². The maximum atomic E-state index is 13.6. The fourth-order valence-electron chi connectivity index (χ4n) is 4.35. The second kappa shape index (κ2) is 9.92. The topological polar surface area (TPSA) is 76.1 Å². The lowest BCUT2D eigenvalue weighted by Gasteiger charge is -2.33. The lowest BCUT2D eigenvalue weighted by Crippen LogP contribution is -2.37. The van der Waals surface area contributed by atoms with E-state index in [4.69, 9.17) is 9.47 Å². The van der Waals surface area contributed by atoms with Crippen LogP contribution in [0.1, 0.15) is 48.9 Å². The van der Waals surface area contributed by atoms with Crippen molar-refractivity contribution in [3.8, 4) is 11.5 Å². The van der Waals surface area contributed by atoms with E-state index >= 15 is 0 Å². The second-order valence-corrected chi connectivity index (χ2v) is 10.1. The first-order valence-corrected chi connectivity index (χ1v) is 12.7. The van der Waals surface area contributed by atoms with Gasteiger partial charge in [0, 0.05) is 26.2 Å². The third-order valence-electron chi connectivity index (χ3n) is 6.10. The van der Waals surface area contributed by atoms with Gasteiger partial charge in [0.2, 0.25) is 10.0 Å². The number of para-hydroxylation sites is 2. The molecule has 0 spiro atoms. The Morgan fingerprint density at radius 2 is 1.47 bits per heavy atom. The zero-order valence-corrected chi connectivity index (χ0v) is 19.3. The standard InChI is InChI=1S/C24H30N2O5S/c1-30-21-10-4-5-11-22(21)31-24(27)19-12-13-20(25-14-6-2-7-15-25)23(18-19)32(28,29)26-16-8-3-9-17-26/h4-5,10-13,18H,2-3,6-9,14-17H2,1H3. The largest absolute Gasteiger partial charge is 0.493 e. The molecular formula is C24H30N2O5S. The number of piperidine rings is 2. The van der Waals surface area contributed by atoms with E-state index in [0.717, 1.165) is 51.6 Å². The van der Waals surface area contributed by atoms with Crippen LogP contribution in [-0.4, -0.2) is 52.0 Å². The van der Waals surface area contributed by atoms with Crippen LogP contribution in [0, 0.1) is 0 Å². The number of carbonyl (C=O) groups excluding carboxylic acids is 1. The molecule has 2 heterocycles. The van der Waals surface area contributed by atoms with Crippen LogP contribution < -0.4 is 14.4 Å². The molecule has 2 saturated heterocycles. The van der Waals surface area contributed by atoms with Gasteiger partial charge >= 0.3 is 5.97 Å². The number of carbonyl (C=O) groups is 1. The van der Waals surface area contributed by atoms with Crippen molar-refractivity contribution >= 4 is 21.7 Å². The molecule has 7 nitrogen and oxygen atoms in total. The van der Waals surface area contributed by atoms with Gasteiger partial charge in [-0.15, -0.1) is 0 Å². The van der Waals surface area contributed by atoms with Crippen LogP contribution in [0.2, 0.25) is 0 Å². The van der Waals surface area contributed by atoms with E-state index in [9.17, 15) is 13.2 Å². The fraction of sp³-hybridized carbons (Fsp3) is 0.458. The highest BCUT2D eigenvalue weighted by Crippen LogP contribution is 2.33. The summed E-state index contributed by atoms with van der Waals surface area (Å²) in [4.78, 5) is 15.2. The Labute approximate surface area is 190 Å². The number of sulfonamides is 1. The summed E-state index contributed by atoms with van der Waals surface area (Å²) in [5.41, 5.74) is 0.872. The zero-order chi connectivity index (χ0) is 22.6. The summed E-state index contributed by atoms with van der Waals surface area (Å²) in [6.07, 6.45) is 5.95. The van der Waals surface area contributed by atoms with Crippen LogP contribution in [0.5, 0.6) is 11.5 Å². The third-order valence-corrected chi connectivity index (χ3v) is 8.02. The van der Waals surface area contributed by atoms with Crippen molar-refractivity contribution in [3.05, 3.63) is 48.0 Å². The molecule has 8 heteroatoms. The number of ether oxygens (including phenoxy) is 2. The second-order valence-electron chi connectivity index (χ2n) is 8.24. The highest BCUT2D eigenvalue weighted by molar-refractivity contribution is 7.89. The minimum Gasteiger partial charge on any atom is -0.493 e. The van der Waals surface area contributed by atoms with Crippen molar-refractivity contribution in [2.45, 2.75) is 43.4 Å². The average Bonchev–Trinajstić information content (AvgIpc) is 2.85. The molecule has 0 aromatic heterocycles. The highest BCUT2D eigenvalue weighted by atomic mass is 32.2. The van der Waals surface area contributed by atoms with E-state index in [0.29, 0.717) is 30.3 Å². The van der Waals surface area contributed by atoms with Crippen molar-refractivity contribution in [1.29, 1.82) is 0 Å². The molecule has 0 bridgehead atoms. The Bertz CT molecular complexity index is 1060. The molecule has 0 aliphatic carbocycles. The molecule has 2 aliphatic heterocycles. The molecule has 172 valence electrons. The lowest BCUT2D eigenvalue weighted by atomic mass is 10.1. The summed E-state index contributed by atoms with van der Waals surface area (Å²) in [6.45, 7) is 2.65. The minimum absolute atomic E-state index is 0.191. The molecule has 4 rings (SSSR count). The predicted molar refractivity (Wildman–Crippen MR) is 123 cm³/mol. The van der Waals surface area contributed by atoms with Gasteiger partial charge in [0.05, 0.1) is 18.4 Å². The monoisotopic (exact) mass is 458 g/mol. The molecular weight excluding hydrogens is 428 g/mol. The van der Waals surface area contributed by atoms with Gasteiger partial charge < -0.3 is 14.4 Å². The SMILES string of the molecule is COc1ccccc1OC(=O)c1ccc(N2CCCCC2)c(S(=O)(=O)N2CCCCC2)c1. The summed E-state index contributed by atoms with van der Waals surface area (Å²) in [5, 5.41) is 0. The van der Waals surface area contributed by atoms with E-state index < -0.39 is 16.0 Å². The number of hydrogen-bond acceptors (Lipinski definition) is 6. The first-order chi connectivity index (χ1) is 15.5. The quantitative estimate of drug-likeness (QED) is 0.480. The van der Waals surface area contributed by atoms with Crippen LogP contribution in [0.3, 0.4) is 0 Å². The molecule has 0 saturated carbocycles. The Morgan fingerprint density at radius 3 is 2.12 bits per heavy atom. The number of nitrogens with zero attached hydrogens (tertiary/aromatic N) is 2.